The smallest absolute Gasteiger partial charge is 0.275 e. The molecule has 0 aromatic heterocycles. The molecule has 2 amide bonds. The summed E-state index contributed by atoms with van der Waals surface area (Å²) in [5, 5.41) is 14.9. The largest absolute Gasteiger partial charge is 0.349 e. The van der Waals surface area contributed by atoms with Crippen LogP contribution in [0.5, 0.6) is 0 Å². The Labute approximate surface area is 222 Å². The molecule has 9 heteroatoms. The van der Waals surface area contributed by atoms with E-state index in [4.69, 9.17) is 0 Å². The van der Waals surface area contributed by atoms with E-state index in [1.54, 1.807) is 39.0 Å². The number of nitrogens with zero attached hydrogens (tertiary/aromatic N) is 2. The number of allylic oxidation sites excluding steroid dienone is 2. The van der Waals surface area contributed by atoms with Gasteiger partial charge in [0.2, 0.25) is 5.91 Å². The first-order valence-corrected chi connectivity index (χ1v) is 12.3. The number of benzene rings is 2. The van der Waals surface area contributed by atoms with E-state index in [0.717, 1.165) is 5.56 Å². The molecule has 0 bridgehead atoms. The lowest BCUT2D eigenvalue weighted by molar-refractivity contribution is -0.385. The van der Waals surface area contributed by atoms with Gasteiger partial charge < -0.3 is 10.2 Å². The van der Waals surface area contributed by atoms with Crippen molar-refractivity contribution in [2.45, 2.75) is 37.9 Å². The Hall–Kier alpha value is -3.60. The molecular formula is C27H24IN3O5. The van der Waals surface area contributed by atoms with E-state index in [-0.39, 0.29) is 17.0 Å². The number of nitrogens with one attached hydrogen (secondary N) is 1. The second kappa shape index (κ2) is 9.45. The molecule has 8 nitrogen and oxygen atoms in total. The minimum atomic E-state index is -1.35. The molecule has 0 saturated carbocycles. The molecule has 1 N–H and O–H groups in total. The Balaban J connectivity index is 2.01. The van der Waals surface area contributed by atoms with Crippen molar-refractivity contribution in [2.75, 3.05) is 0 Å². The molecule has 1 unspecified atom stereocenters. The molecule has 1 atom stereocenters. The maximum Gasteiger partial charge on any atom is 0.275 e. The summed E-state index contributed by atoms with van der Waals surface area (Å²) >= 11 is 1.95. The van der Waals surface area contributed by atoms with Gasteiger partial charge in [-0.15, -0.1) is 0 Å². The van der Waals surface area contributed by atoms with Crippen LogP contribution in [0, 0.1) is 10.1 Å². The number of hydrogen-bond acceptors (Lipinski definition) is 5. The Morgan fingerprint density at radius 3 is 2.19 bits per heavy atom. The predicted molar refractivity (Wildman–Crippen MR) is 144 cm³/mol. The monoisotopic (exact) mass is 597 g/mol. The summed E-state index contributed by atoms with van der Waals surface area (Å²) < 4.78 is 0.356. The van der Waals surface area contributed by atoms with Crippen LogP contribution in [0.2, 0.25) is 0 Å². The molecule has 1 aliphatic heterocycles. The molecule has 1 aliphatic carbocycles. The summed E-state index contributed by atoms with van der Waals surface area (Å²) in [6, 6.07) is 13.8. The van der Waals surface area contributed by atoms with Crippen molar-refractivity contribution >= 4 is 51.4 Å². The number of hydrogen-bond donors (Lipinski definition) is 1. The van der Waals surface area contributed by atoms with Crippen LogP contribution in [0.1, 0.15) is 37.9 Å². The van der Waals surface area contributed by atoms with E-state index in [0.29, 0.717) is 9.15 Å². The Bertz CT molecular complexity index is 1340. The van der Waals surface area contributed by atoms with Gasteiger partial charge in [0.1, 0.15) is 11.6 Å². The van der Waals surface area contributed by atoms with Crippen molar-refractivity contribution in [1.82, 2.24) is 10.2 Å². The molecule has 36 heavy (non-hydrogen) atoms. The molecule has 2 aromatic rings. The summed E-state index contributed by atoms with van der Waals surface area (Å²) in [6.07, 6.45) is 5.90. The van der Waals surface area contributed by atoms with E-state index in [1.165, 1.54) is 35.3 Å². The highest BCUT2D eigenvalue weighted by atomic mass is 127. The fourth-order valence-corrected chi connectivity index (χ4v) is 5.55. The first-order valence-electron chi connectivity index (χ1n) is 11.2. The van der Waals surface area contributed by atoms with Gasteiger partial charge in [0, 0.05) is 17.2 Å². The van der Waals surface area contributed by atoms with Crippen molar-refractivity contribution in [1.29, 1.82) is 0 Å². The van der Waals surface area contributed by atoms with E-state index in [2.05, 4.69) is 5.32 Å². The molecule has 1 spiro atoms. The maximum atomic E-state index is 14.0. The van der Waals surface area contributed by atoms with E-state index < -0.39 is 33.9 Å². The first kappa shape index (κ1) is 25.5. The van der Waals surface area contributed by atoms with Crippen LogP contribution >= 0.6 is 22.6 Å². The molecule has 0 radical (unpaired) electrons. The fourth-order valence-electron chi connectivity index (χ4n) is 4.55. The number of amides is 2. The third-order valence-electron chi connectivity index (χ3n) is 5.92. The van der Waals surface area contributed by atoms with E-state index in [9.17, 15) is 24.5 Å². The average molecular weight is 597 g/mol. The number of para-hydroxylation sites is 1. The van der Waals surface area contributed by atoms with Gasteiger partial charge in [0.15, 0.2) is 5.78 Å². The van der Waals surface area contributed by atoms with Crippen LogP contribution in [-0.4, -0.2) is 38.5 Å². The van der Waals surface area contributed by atoms with Gasteiger partial charge in [-0.25, -0.2) is 0 Å². The second-order valence-corrected chi connectivity index (χ2v) is 10.7. The quantitative estimate of drug-likeness (QED) is 0.306. The minimum Gasteiger partial charge on any atom is -0.349 e. The summed E-state index contributed by atoms with van der Waals surface area (Å²) in [4.78, 5) is 52.7. The molecule has 2 aromatic carbocycles. The van der Waals surface area contributed by atoms with Crippen molar-refractivity contribution in [3.8, 4) is 0 Å². The number of nitro groups is 1. The third-order valence-corrected chi connectivity index (χ3v) is 6.92. The molecule has 0 fully saturated rings. The predicted octanol–water partition coefficient (Wildman–Crippen LogP) is 4.67. The Morgan fingerprint density at radius 1 is 1.03 bits per heavy atom. The molecule has 2 aliphatic rings. The average Bonchev–Trinajstić information content (AvgIpc) is 3.02. The van der Waals surface area contributed by atoms with Crippen LogP contribution in [0.3, 0.4) is 0 Å². The molecule has 1 heterocycles. The van der Waals surface area contributed by atoms with Crippen molar-refractivity contribution in [3.63, 3.8) is 0 Å². The lowest BCUT2D eigenvalue weighted by Gasteiger charge is -2.42. The van der Waals surface area contributed by atoms with Crippen molar-refractivity contribution < 1.29 is 19.3 Å². The highest BCUT2D eigenvalue weighted by Gasteiger charge is 2.55. The molecular weight excluding hydrogens is 573 g/mol. The van der Waals surface area contributed by atoms with Gasteiger partial charge in [-0.2, -0.15) is 0 Å². The number of carbonyl (C=O) groups excluding carboxylic acids is 3. The van der Waals surface area contributed by atoms with Crippen molar-refractivity contribution in [3.05, 3.63) is 104 Å². The standard InChI is InChI=1S/C27H24IN3O5/c1-26(2,3)29-24(33)23(19-11-7-8-12-20(19)31(35)36)30-25(34)22(28)21(17-9-5-4-6-10-17)27(30)15-13-18(32)14-16-27/h4-16,23H,1-3H3,(H,29,33). The maximum absolute atomic E-state index is 14.0. The Kier molecular flexibility index (Phi) is 6.70. The van der Waals surface area contributed by atoms with Crippen LogP contribution < -0.4 is 5.32 Å². The molecule has 4 rings (SSSR count). The van der Waals surface area contributed by atoms with E-state index in [1.807, 2.05) is 52.9 Å². The number of ketones is 1. The minimum absolute atomic E-state index is 0.0780. The normalized spacial score (nSPS) is 17.6. The fraction of sp³-hybridized carbons (Fsp3) is 0.222. The number of rotatable bonds is 5. The third kappa shape index (κ3) is 4.50. The second-order valence-electron chi connectivity index (χ2n) is 9.58. The first-order chi connectivity index (χ1) is 17.0. The summed E-state index contributed by atoms with van der Waals surface area (Å²) in [5.74, 6) is -1.30. The van der Waals surface area contributed by atoms with Gasteiger partial charge in [0.25, 0.3) is 11.6 Å². The number of carbonyl (C=O) groups is 3. The van der Waals surface area contributed by atoms with Crippen LogP contribution in [0.25, 0.3) is 5.57 Å². The molecule has 0 saturated heterocycles. The SMILES string of the molecule is CC(C)(C)NC(=O)C(c1ccccc1[N+](=O)[O-])N1C(=O)C(I)=C(c2ccccc2)C12C=CC(=O)C=C2. The lowest BCUT2D eigenvalue weighted by atomic mass is 9.81. The van der Waals surface area contributed by atoms with Gasteiger partial charge in [-0.1, -0.05) is 42.5 Å². The summed E-state index contributed by atoms with van der Waals surface area (Å²) in [7, 11) is 0. The lowest BCUT2D eigenvalue weighted by Crippen LogP contribution is -2.54. The van der Waals surface area contributed by atoms with E-state index >= 15 is 0 Å². The zero-order valence-corrected chi connectivity index (χ0v) is 22.1. The highest BCUT2D eigenvalue weighted by Crippen LogP contribution is 2.51. The number of halogens is 1. The zero-order valence-electron chi connectivity index (χ0n) is 19.9. The van der Waals surface area contributed by atoms with Crippen LogP contribution in [0.15, 0.2) is 82.5 Å². The van der Waals surface area contributed by atoms with Gasteiger partial charge in [-0.05, 0) is 79.3 Å². The zero-order chi connectivity index (χ0) is 26.3. The number of nitro benzene ring substituents is 1. The topological polar surface area (TPSA) is 110 Å². The van der Waals surface area contributed by atoms with Crippen molar-refractivity contribution in [2.24, 2.45) is 0 Å². The Morgan fingerprint density at radius 2 is 1.61 bits per heavy atom. The summed E-state index contributed by atoms with van der Waals surface area (Å²) in [5.41, 5.74) is -0.857. The van der Waals surface area contributed by atoms with Crippen LogP contribution in [0.4, 0.5) is 5.69 Å². The summed E-state index contributed by atoms with van der Waals surface area (Å²) in [6.45, 7) is 5.37. The van der Waals surface area contributed by atoms with Gasteiger partial charge in [0.05, 0.1) is 14.1 Å². The highest BCUT2D eigenvalue weighted by molar-refractivity contribution is 14.1. The molecule has 184 valence electrons. The van der Waals surface area contributed by atoms with Gasteiger partial charge in [-0.3, -0.25) is 24.5 Å². The van der Waals surface area contributed by atoms with Crippen LogP contribution in [-0.2, 0) is 14.4 Å². The van der Waals surface area contributed by atoms with Gasteiger partial charge >= 0.3 is 0 Å².